The van der Waals surface area contributed by atoms with Gasteiger partial charge >= 0.3 is 0 Å². The lowest BCUT2D eigenvalue weighted by Crippen LogP contribution is -2.44. The van der Waals surface area contributed by atoms with Gasteiger partial charge < -0.3 is 10.6 Å². The zero-order valence-electron chi connectivity index (χ0n) is 17.0. The van der Waals surface area contributed by atoms with Crippen LogP contribution in [0, 0.1) is 0 Å². The molecule has 0 saturated carbocycles. The first-order valence-electron chi connectivity index (χ1n) is 9.51. The van der Waals surface area contributed by atoms with Gasteiger partial charge in [-0.25, -0.2) is 13.1 Å². The first-order chi connectivity index (χ1) is 13.5. The number of benzene rings is 2. The van der Waals surface area contributed by atoms with Gasteiger partial charge in [0.2, 0.25) is 10.0 Å². The lowest BCUT2D eigenvalue weighted by Gasteiger charge is -2.18. The number of guanidine groups is 1. The van der Waals surface area contributed by atoms with Gasteiger partial charge in [0.1, 0.15) is 0 Å². The molecule has 29 heavy (non-hydrogen) atoms. The van der Waals surface area contributed by atoms with Gasteiger partial charge in [-0.3, -0.25) is 4.99 Å². The van der Waals surface area contributed by atoms with Gasteiger partial charge in [0.05, 0.1) is 5.75 Å². The summed E-state index contributed by atoms with van der Waals surface area (Å²) in [5, 5.41) is 6.38. The molecule has 2 aromatic carbocycles. The van der Waals surface area contributed by atoms with E-state index in [0.717, 1.165) is 18.4 Å². The number of aryl methyl sites for hydroxylation is 1. The van der Waals surface area contributed by atoms with Crippen LogP contribution in [-0.2, 0) is 23.0 Å². The molecule has 160 valence electrons. The number of rotatable bonds is 10. The maximum Gasteiger partial charge on any atom is 0.213 e. The van der Waals surface area contributed by atoms with E-state index in [0.29, 0.717) is 12.5 Å². The summed E-state index contributed by atoms with van der Waals surface area (Å²) in [6.45, 7) is 2.68. The number of hydrogen-bond acceptors (Lipinski definition) is 3. The third kappa shape index (κ3) is 10.6. The third-order valence-corrected chi connectivity index (χ3v) is 5.64. The number of sulfonamides is 1. The molecule has 0 bridgehead atoms. The molecule has 0 amide bonds. The summed E-state index contributed by atoms with van der Waals surface area (Å²) in [6.07, 6.45) is 1.94. The minimum atomic E-state index is -3.35. The molecule has 0 spiro atoms. The van der Waals surface area contributed by atoms with Crippen LogP contribution in [0.4, 0.5) is 0 Å². The van der Waals surface area contributed by atoms with E-state index in [-0.39, 0.29) is 42.3 Å². The van der Waals surface area contributed by atoms with Crippen molar-refractivity contribution < 1.29 is 8.42 Å². The fourth-order valence-electron chi connectivity index (χ4n) is 2.69. The first-order valence-corrected chi connectivity index (χ1v) is 11.2. The van der Waals surface area contributed by atoms with Crippen LogP contribution < -0.4 is 15.4 Å². The lowest BCUT2D eigenvalue weighted by atomic mass is 10.1. The van der Waals surface area contributed by atoms with Crippen LogP contribution >= 0.6 is 24.0 Å². The van der Waals surface area contributed by atoms with Crippen molar-refractivity contribution in [3.63, 3.8) is 0 Å². The van der Waals surface area contributed by atoms with Crippen molar-refractivity contribution in [2.24, 2.45) is 4.99 Å². The highest BCUT2D eigenvalue weighted by Crippen LogP contribution is 2.04. The Bertz CT molecular complexity index is 830. The van der Waals surface area contributed by atoms with E-state index in [1.807, 2.05) is 48.5 Å². The summed E-state index contributed by atoms with van der Waals surface area (Å²) in [7, 11) is -1.67. The molecule has 0 radical (unpaired) electrons. The van der Waals surface area contributed by atoms with Crippen LogP contribution in [0.15, 0.2) is 65.7 Å². The second-order valence-corrected chi connectivity index (χ2v) is 8.62. The normalized spacial score (nSPS) is 12.7. The zero-order chi connectivity index (χ0) is 20.2. The monoisotopic (exact) mass is 530 g/mol. The van der Waals surface area contributed by atoms with Crippen molar-refractivity contribution in [2.45, 2.75) is 32.4 Å². The summed E-state index contributed by atoms with van der Waals surface area (Å²) < 4.78 is 26.9. The Morgan fingerprint density at radius 1 is 1.00 bits per heavy atom. The number of nitrogens with zero attached hydrogens (tertiary/aromatic N) is 1. The molecule has 8 heteroatoms. The quantitative estimate of drug-likeness (QED) is 0.251. The molecule has 2 rings (SSSR count). The molecule has 0 saturated heterocycles. The number of hydrogen-bond donors (Lipinski definition) is 3. The first kappa shape index (κ1) is 25.4. The largest absolute Gasteiger partial charge is 0.355 e. The van der Waals surface area contributed by atoms with Crippen LogP contribution in [0.2, 0.25) is 0 Å². The van der Waals surface area contributed by atoms with E-state index in [9.17, 15) is 8.42 Å². The molecule has 1 unspecified atom stereocenters. The lowest BCUT2D eigenvalue weighted by molar-refractivity contribution is 0.577. The Morgan fingerprint density at radius 2 is 1.59 bits per heavy atom. The highest BCUT2D eigenvalue weighted by Gasteiger charge is 2.11. The summed E-state index contributed by atoms with van der Waals surface area (Å²) >= 11 is 0. The van der Waals surface area contributed by atoms with E-state index in [1.165, 1.54) is 5.56 Å². The van der Waals surface area contributed by atoms with Crippen molar-refractivity contribution >= 4 is 40.0 Å². The number of aliphatic imine (C=N–C) groups is 1. The van der Waals surface area contributed by atoms with E-state index in [2.05, 4.69) is 39.4 Å². The molecule has 6 nitrogen and oxygen atoms in total. The van der Waals surface area contributed by atoms with Crippen molar-refractivity contribution in [1.82, 2.24) is 15.4 Å². The fourth-order valence-corrected chi connectivity index (χ4v) is 3.59. The Morgan fingerprint density at radius 3 is 2.17 bits per heavy atom. The molecular formula is C21H31IN4O2S. The van der Waals surface area contributed by atoms with Gasteiger partial charge in [0.25, 0.3) is 0 Å². The van der Waals surface area contributed by atoms with Crippen LogP contribution in [0.3, 0.4) is 0 Å². The van der Waals surface area contributed by atoms with Crippen LogP contribution in [0.5, 0.6) is 0 Å². The summed E-state index contributed by atoms with van der Waals surface area (Å²) in [6, 6.07) is 20.0. The van der Waals surface area contributed by atoms with Crippen molar-refractivity contribution in [3.8, 4) is 0 Å². The third-order valence-electron chi connectivity index (χ3n) is 4.32. The van der Waals surface area contributed by atoms with Crippen molar-refractivity contribution in [2.75, 3.05) is 19.3 Å². The summed E-state index contributed by atoms with van der Waals surface area (Å²) in [5.74, 6) is 0.595. The fraction of sp³-hybridized carbons (Fsp3) is 0.381. The highest BCUT2D eigenvalue weighted by atomic mass is 127. The molecule has 0 aromatic heterocycles. The summed E-state index contributed by atoms with van der Waals surface area (Å²) in [5.41, 5.74) is 2.23. The molecule has 1 atom stereocenters. The van der Waals surface area contributed by atoms with Crippen LogP contribution in [0.1, 0.15) is 24.5 Å². The molecule has 0 fully saturated rings. The maximum absolute atomic E-state index is 12.1. The van der Waals surface area contributed by atoms with Gasteiger partial charge in [-0.15, -0.1) is 24.0 Å². The van der Waals surface area contributed by atoms with Crippen molar-refractivity contribution in [1.29, 1.82) is 0 Å². The number of halogens is 1. The summed E-state index contributed by atoms with van der Waals surface area (Å²) in [4.78, 5) is 4.18. The Labute approximate surface area is 191 Å². The predicted octanol–water partition coefficient (Wildman–Crippen LogP) is 2.91. The van der Waals surface area contributed by atoms with E-state index < -0.39 is 10.0 Å². The van der Waals surface area contributed by atoms with Crippen LogP contribution in [0.25, 0.3) is 0 Å². The van der Waals surface area contributed by atoms with Gasteiger partial charge in [-0.2, -0.15) is 0 Å². The minimum Gasteiger partial charge on any atom is -0.355 e. The van der Waals surface area contributed by atoms with E-state index in [4.69, 9.17) is 0 Å². The van der Waals surface area contributed by atoms with E-state index >= 15 is 0 Å². The highest BCUT2D eigenvalue weighted by molar-refractivity contribution is 14.0. The predicted molar refractivity (Wildman–Crippen MR) is 131 cm³/mol. The minimum absolute atomic E-state index is 0. The van der Waals surface area contributed by atoms with Crippen LogP contribution in [-0.4, -0.2) is 39.8 Å². The number of nitrogens with one attached hydrogen (secondary N) is 3. The second kappa shape index (κ2) is 13.6. The molecule has 0 aliphatic rings. The molecule has 3 N–H and O–H groups in total. The molecule has 2 aromatic rings. The van der Waals surface area contributed by atoms with E-state index in [1.54, 1.807) is 7.05 Å². The van der Waals surface area contributed by atoms with Gasteiger partial charge in [0, 0.05) is 26.2 Å². The van der Waals surface area contributed by atoms with Gasteiger partial charge in [-0.1, -0.05) is 60.7 Å². The topological polar surface area (TPSA) is 82.6 Å². The molecular weight excluding hydrogens is 499 g/mol. The van der Waals surface area contributed by atoms with Crippen molar-refractivity contribution in [3.05, 3.63) is 71.8 Å². The average Bonchev–Trinajstić information content (AvgIpc) is 2.71. The Hall–Kier alpha value is -1.65. The SMILES string of the molecule is CN=C(NCCS(=O)(=O)NCc1ccccc1)NC(C)CCc1ccccc1.I. The smallest absolute Gasteiger partial charge is 0.213 e. The standard InChI is InChI=1S/C21H30N4O2S.HI/c1-18(13-14-19-9-5-3-6-10-19)25-21(22-2)23-15-16-28(26,27)24-17-20-11-7-4-8-12-20;/h3-12,18,24H,13-17H2,1-2H3,(H2,22,23,25);1H. The van der Waals surface area contributed by atoms with Gasteiger partial charge in [-0.05, 0) is 30.9 Å². The molecule has 0 aliphatic heterocycles. The average molecular weight is 530 g/mol. The maximum atomic E-state index is 12.1. The van der Waals surface area contributed by atoms with Gasteiger partial charge in [0.15, 0.2) is 5.96 Å². The second-order valence-electron chi connectivity index (χ2n) is 6.69. The Balaban J connectivity index is 0.00000420. The Kier molecular flexibility index (Phi) is 11.9. The zero-order valence-corrected chi connectivity index (χ0v) is 20.1. The molecule has 0 heterocycles. The molecule has 0 aliphatic carbocycles.